The molecule has 0 unspecified atom stereocenters. The first-order valence-corrected chi connectivity index (χ1v) is 12.7. The van der Waals surface area contributed by atoms with Gasteiger partial charge in [0.05, 0.1) is 6.10 Å². The van der Waals surface area contributed by atoms with Crippen molar-refractivity contribution in [2.45, 2.75) is 98.5 Å². The molecule has 3 fully saturated rings. The summed E-state index contributed by atoms with van der Waals surface area (Å²) in [5.41, 5.74) is 3.15. The second-order valence-corrected chi connectivity index (χ2v) is 12.2. The monoisotopic (exact) mass is 412 g/mol. The molecule has 168 valence electrons. The molecule has 0 spiro atoms. The summed E-state index contributed by atoms with van der Waals surface area (Å²) in [5, 5.41) is 11.3. The first kappa shape index (κ1) is 22.3. The molecule has 0 radical (unpaired) electrons. The number of hydrogen-bond acceptors (Lipinski definition) is 2. The maximum Gasteiger partial charge on any atom is 0.155 e. The van der Waals surface area contributed by atoms with Crippen molar-refractivity contribution in [3.63, 3.8) is 0 Å². The van der Waals surface area contributed by atoms with Crippen LogP contribution in [0.25, 0.3) is 0 Å². The number of carbonyl (C=O) groups excluding carboxylic acids is 1. The topological polar surface area (TPSA) is 37.3 Å². The number of carbonyl (C=O) groups is 1. The predicted molar refractivity (Wildman–Crippen MR) is 124 cm³/mol. The van der Waals surface area contributed by atoms with Gasteiger partial charge in [-0.2, -0.15) is 0 Å². The molecule has 8 atom stereocenters. The van der Waals surface area contributed by atoms with Gasteiger partial charge in [-0.25, -0.2) is 0 Å². The van der Waals surface area contributed by atoms with Crippen LogP contribution in [-0.4, -0.2) is 17.0 Å². The van der Waals surface area contributed by atoms with Crippen LogP contribution in [-0.2, 0) is 4.79 Å². The van der Waals surface area contributed by atoms with Crippen molar-refractivity contribution < 1.29 is 9.90 Å². The maximum atomic E-state index is 12.1. The summed E-state index contributed by atoms with van der Waals surface area (Å²) >= 11 is 0. The molecule has 4 rings (SSSR count). The van der Waals surface area contributed by atoms with Gasteiger partial charge in [-0.1, -0.05) is 52.3 Å². The molecule has 30 heavy (non-hydrogen) atoms. The molecule has 0 aliphatic heterocycles. The Labute approximate surface area is 184 Å². The average molecular weight is 413 g/mol. The summed E-state index contributed by atoms with van der Waals surface area (Å²) in [7, 11) is 0. The van der Waals surface area contributed by atoms with Crippen molar-refractivity contribution in [1.29, 1.82) is 0 Å². The number of hydrogen-bond donors (Lipinski definition) is 1. The van der Waals surface area contributed by atoms with Gasteiger partial charge in [-0.3, -0.25) is 4.79 Å². The Hall–Kier alpha value is -0.890. The first-order valence-electron chi connectivity index (χ1n) is 12.7. The van der Waals surface area contributed by atoms with E-state index in [-0.39, 0.29) is 17.3 Å². The predicted octanol–water partition coefficient (Wildman–Crippen LogP) is 6.73. The first-order chi connectivity index (χ1) is 14.1. The molecular weight excluding hydrogens is 368 g/mol. The van der Waals surface area contributed by atoms with Gasteiger partial charge >= 0.3 is 0 Å². The smallest absolute Gasteiger partial charge is 0.155 e. The number of aliphatic hydroxyl groups is 1. The highest BCUT2D eigenvalue weighted by Crippen LogP contribution is 2.67. The molecule has 0 amide bonds. The number of rotatable bonds is 5. The third kappa shape index (κ3) is 3.46. The third-order valence-corrected chi connectivity index (χ3v) is 10.5. The van der Waals surface area contributed by atoms with Gasteiger partial charge in [0.15, 0.2) is 5.78 Å². The lowest BCUT2D eigenvalue weighted by molar-refractivity contribution is -0.124. The van der Waals surface area contributed by atoms with Crippen LogP contribution in [0.5, 0.6) is 0 Å². The highest BCUT2D eigenvalue weighted by atomic mass is 16.3. The minimum Gasteiger partial charge on any atom is -0.392 e. The van der Waals surface area contributed by atoms with Gasteiger partial charge in [0.1, 0.15) is 0 Å². The van der Waals surface area contributed by atoms with Gasteiger partial charge in [-0.15, -0.1) is 0 Å². The Kier molecular flexibility index (Phi) is 5.88. The van der Waals surface area contributed by atoms with E-state index < -0.39 is 0 Å². The van der Waals surface area contributed by atoms with Crippen molar-refractivity contribution in [2.75, 3.05) is 0 Å². The van der Waals surface area contributed by atoms with Gasteiger partial charge in [0, 0.05) is 6.42 Å². The quantitative estimate of drug-likeness (QED) is 0.508. The van der Waals surface area contributed by atoms with E-state index in [1.165, 1.54) is 43.3 Å². The molecular formula is C28H44O2. The number of aliphatic hydroxyl groups excluding tert-OH is 1. The van der Waals surface area contributed by atoms with E-state index in [2.05, 4.69) is 41.2 Å². The van der Waals surface area contributed by atoms with Crippen LogP contribution in [0, 0.1) is 46.3 Å². The summed E-state index contributed by atoms with van der Waals surface area (Å²) in [6.45, 7) is 16.3. The van der Waals surface area contributed by atoms with Crippen molar-refractivity contribution in [2.24, 2.45) is 46.3 Å². The van der Waals surface area contributed by atoms with E-state index in [4.69, 9.17) is 0 Å². The molecule has 3 saturated carbocycles. The molecule has 0 heterocycles. The standard InChI is InChI=1S/C28H44O2/c1-17(2)18(3)7-8-19(4)22-9-10-23-26-24(12-14-28(22,23)6)27(5)13-11-21(29)15-20(27)16-25(26)30/h15,17,19,22-26,30H,3,7-14,16H2,1-2,4-6H3/t19-,22-,23+,24+,25-,26+,27+,28-/m1/s1. The van der Waals surface area contributed by atoms with E-state index in [1.807, 2.05) is 6.08 Å². The number of fused-ring (bicyclic) bond motifs is 5. The van der Waals surface area contributed by atoms with Crippen LogP contribution in [0.15, 0.2) is 23.8 Å². The van der Waals surface area contributed by atoms with Crippen molar-refractivity contribution in [3.05, 3.63) is 23.8 Å². The second-order valence-electron chi connectivity index (χ2n) is 12.2. The molecule has 0 aromatic carbocycles. The van der Waals surface area contributed by atoms with Crippen LogP contribution in [0.1, 0.15) is 92.4 Å². The van der Waals surface area contributed by atoms with Gasteiger partial charge in [0.2, 0.25) is 0 Å². The van der Waals surface area contributed by atoms with E-state index in [9.17, 15) is 9.90 Å². The maximum absolute atomic E-state index is 12.1. The number of allylic oxidation sites excluding steroid dienone is 1. The van der Waals surface area contributed by atoms with Gasteiger partial charge < -0.3 is 5.11 Å². The van der Waals surface area contributed by atoms with Gasteiger partial charge in [-0.05, 0) is 104 Å². The second kappa shape index (κ2) is 7.91. The molecule has 2 nitrogen and oxygen atoms in total. The minimum absolute atomic E-state index is 0.137. The lowest BCUT2D eigenvalue weighted by Gasteiger charge is -2.60. The lowest BCUT2D eigenvalue weighted by Crippen LogP contribution is -2.55. The zero-order valence-electron chi connectivity index (χ0n) is 20.0. The molecule has 0 aromatic rings. The number of ketones is 1. The highest BCUT2D eigenvalue weighted by Gasteiger charge is 2.61. The normalized spacial score (nSPS) is 44.2. The van der Waals surface area contributed by atoms with Crippen molar-refractivity contribution >= 4 is 5.78 Å². The molecule has 1 N–H and O–H groups in total. The molecule has 2 heteroatoms. The average Bonchev–Trinajstić information content (AvgIpc) is 3.04. The van der Waals surface area contributed by atoms with Crippen LogP contribution in [0.3, 0.4) is 0 Å². The van der Waals surface area contributed by atoms with E-state index >= 15 is 0 Å². The molecule has 0 saturated heterocycles. The van der Waals surface area contributed by atoms with Crippen molar-refractivity contribution in [1.82, 2.24) is 0 Å². The fourth-order valence-corrected chi connectivity index (χ4v) is 8.40. The van der Waals surface area contributed by atoms with E-state index in [0.29, 0.717) is 35.5 Å². The largest absolute Gasteiger partial charge is 0.392 e. The van der Waals surface area contributed by atoms with Crippen LogP contribution >= 0.6 is 0 Å². The lowest BCUT2D eigenvalue weighted by atomic mass is 9.45. The summed E-state index contributed by atoms with van der Waals surface area (Å²) in [6, 6.07) is 0. The third-order valence-electron chi connectivity index (χ3n) is 10.5. The highest BCUT2D eigenvalue weighted by molar-refractivity contribution is 5.91. The zero-order chi connectivity index (χ0) is 21.8. The fraction of sp³-hybridized carbons (Fsp3) is 0.821. The van der Waals surface area contributed by atoms with Gasteiger partial charge in [0.25, 0.3) is 0 Å². The Morgan fingerprint density at radius 3 is 2.60 bits per heavy atom. The minimum atomic E-state index is -0.264. The molecule has 4 aliphatic carbocycles. The summed E-state index contributed by atoms with van der Waals surface area (Å²) < 4.78 is 0. The molecule has 0 bridgehead atoms. The summed E-state index contributed by atoms with van der Waals surface area (Å²) in [6.07, 6.45) is 11.6. The summed E-state index contributed by atoms with van der Waals surface area (Å²) in [4.78, 5) is 12.1. The SMILES string of the molecule is C=C(CC[C@@H](C)[C@H]1CC[C@H]2[C@@H]3[C@H](O)CC4=CC(=O)CC[C@]4(C)[C@H]3CC[C@]12C)C(C)C. The molecule has 4 aliphatic rings. The Bertz CT molecular complexity index is 733. The zero-order valence-corrected chi connectivity index (χ0v) is 20.0. The molecule has 0 aromatic heterocycles. The van der Waals surface area contributed by atoms with E-state index in [1.54, 1.807) is 0 Å². The fourth-order valence-electron chi connectivity index (χ4n) is 8.40. The van der Waals surface area contributed by atoms with E-state index in [0.717, 1.165) is 31.1 Å². The Balaban J connectivity index is 1.54. The van der Waals surface area contributed by atoms with Crippen LogP contribution in [0.2, 0.25) is 0 Å². The Morgan fingerprint density at radius 1 is 1.17 bits per heavy atom. The Morgan fingerprint density at radius 2 is 1.90 bits per heavy atom. The van der Waals surface area contributed by atoms with Crippen molar-refractivity contribution in [3.8, 4) is 0 Å². The van der Waals surface area contributed by atoms with Crippen LogP contribution in [0.4, 0.5) is 0 Å². The van der Waals surface area contributed by atoms with Crippen LogP contribution < -0.4 is 0 Å². The summed E-state index contributed by atoms with van der Waals surface area (Å²) in [5.74, 6) is 3.96.